The number of hydrogen-bond donors (Lipinski definition) is 3. The molecule has 0 fully saturated rings. The van der Waals surface area contributed by atoms with Gasteiger partial charge in [0.25, 0.3) is 5.92 Å². The van der Waals surface area contributed by atoms with Gasteiger partial charge in [-0.05, 0) is 18.2 Å². The Morgan fingerprint density at radius 3 is 2.72 bits per heavy atom. The minimum atomic E-state index is -3.34. The Labute approximate surface area is 117 Å². The lowest BCUT2D eigenvalue weighted by atomic mass is 10.0. The monoisotopic (exact) mass is 340 g/mol. The average molecular weight is 342 g/mol. The van der Waals surface area contributed by atoms with Crippen LogP contribution >= 0.6 is 28.3 Å². The second kappa shape index (κ2) is 5.52. The van der Waals surface area contributed by atoms with Gasteiger partial charge < -0.3 is 15.8 Å². The van der Waals surface area contributed by atoms with Gasteiger partial charge in [-0.2, -0.15) is 0 Å². The van der Waals surface area contributed by atoms with Gasteiger partial charge in [0.1, 0.15) is 6.61 Å². The van der Waals surface area contributed by atoms with Crippen molar-refractivity contribution in [1.82, 2.24) is 4.98 Å². The van der Waals surface area contributed by atoms with Crippen LogP contribution in [0.3, 0.4) is 0 Å². The van der Waals surface area contributed by atoms with Crippen LogP contribution in [-0.4, -0.2) is 22.6 Å². The molecule has 2 rings (SSSR count). The Hall–Kier alpha value is -0.690. The van der Waals surface area contributed by atoms with Crippen molar-refractivity contribution in [3.8, 4) is 0 Å². The molecule has 0 aliphatic heterocycles. The Balaban J connectivity index is 0.00000162. The first-order valence-electron chi connectivity index (χ1n) is 4.96. The van der Waals surface area contributed by atoms with Crippen molar-refractivity contribution >= 4 is 39.2 Å². The van der Waals surface area contributed by atoms with Crippen LogP contribution in [0, 0.1) is 0 Å². The largest absolute Gasteiger partial charge is 0.390 e. The van der Waals surface area contributed by atoms with E-state index in [9.17, 15) is 8.78 Å². The lowest BCUT2D eigenvalue weighted by Crippen LogP contribution is -2.36. The Morgan fingerprint density at radius 2 is 2.11 bits per heavy atom. The maximum atomic E-state index is 13.3. The van der Waals surface area contributed by atoms with Gasteiger partial charge in [0.2, 0.25) is 0 Å². The maximum Gasteiger partial charge on any atom is 0.289 e. The Kier molecular flexibility index (Phi) is 4.72. The summed E-state index contributed by atoms with van der Waals surface area (Å²) in [5, 5.41) is 9.27. The summed E-state index contributed by atoms with van der Waals surface area (Å²) in [4.78, 5) is 2.88. The van der Waals surface area contributed by atoms with Gasteiger partial charge in [0.05, 0.1) is 6.04 Å². The van der Waals surface area contributed by atoms with Gasteiger partial charge >= 0.3 is 0 Å². The van der Waals surface area contributed by atoms with Crippen LogP contribution in [0.4, 0.5) is 8.78 Å². The van der Waals surface area contributed by atoms with Gasteiger partial charge in [-0.15, -0.1) is 12.4 Å². The number of halogens is 4. The number of nitrogens with two attached hydrogens (primary N) is 1. The molecule has 0 aliphatic carbocycles. The van der Waals surface area contributed by atoms with Crippen LogP contribution in [0.15, 0.2) is 28.9 Å². The first kappa shape index (κ1) is 15.4. The molecule has 0 spiro atoms. The normalized spacial score (nSPS) is 13.4. The Bertz CT molecular complexity index is 547. The summed E-state index contributed by atoms with van der Waals surface area (Å²) in [5.74, 6) is -3.34. The topological polar surface area (TPSA) is 62.0 Å². The SMILES string of the molecule is Cl.N[C@@H](c1c[nH]c2ccc(Br)cc12)C(F)(F)CO. The second-order valence-corrected chi connectivity index (χ2v) is 4.75. The highest BCUT2D eigenvalue weighted by atomic mass is 79.9. The van der Waals surface area contributed by atoms with Crippen LogP contribution in [0.5, 0.6) is 0 Å². The molecule has 0 saturated carbocycles. The van der Waals surface area contributed by atoms with Crippen LogP contribution < -0.4 is 5.73 Å². The predicted octanol–water partition coefficient (Wildman–Crippen LogP) is 2.98. The van der Waals surface area contributed by atoms with Crippen molar-refractivity contribution in [3.63, 3.8) is 0 Å². The number of hydrogen-bond acceptors (Lipinski definition) is 2. The fourth-order valence-corrected chi connectivity index (χ4v) is 2.06. The van der Waals surface area contributed by atoms with E-state index in [1.54, 1.807) is 18.2 Å². The fourth-order valence-electron chi connectivity index (χ4n) is 1.70. The molecule has 0 bridgehead atoms. The summed E-state index contributed by atoms with van der Waals surface area (Å²) in [5.41, 5.74) is 6.52. The number of benzene rings is 1. The quantitative estimate of drug-likeness (QED) is 0.804. The summed E-state index contributed by atoms with van der Waals surface area (Å²) in [6.45, 7) is -1.27. The van der Waals surface area contributed by atoms with E-state index in [-0.39, 0.29) is 12.4 Å². The summed E-state index contributed by atoms with van der Waals surface area (Å²) in [6.07, 6.45) is 1.45. The third-order valence-electron chi connectivity index (χ3n) is 2.68. The number of nitrogens with one attached hydrogen (secondary N) is 1. The van der Waals surface area contributed by atoms with Crippen molar-refractivity contribution in [2.24, 2.45) is 5.73 Å². The van der Waals surface area contributed by atoms with Crippen molar-refractivity contribution in [2.45, 2.75) is 12.0 Å². The van der Waals surface area contributed by atoms with E-state index < -0.39 is 18.6 Å². The lowest BCUT2D eigenvalue weighted by molar-refractivity contribution is -0.0708. The average Bonchev–Trinajstić information content (AvgIpc) is 2.70. The van der Waals surface area contributed by atoms with E-state index in [0.29, 0.717) is 10.9 Å². The number of aromatic amines is 1. The summed E-state index contributed by atoms with van der Waals surface area (Å²) >= 11 is 3.28. The third kappa shape index (κ3) is 2.66. The van der Waals surface area contributed by atoms with E-state index in [1.165, 1.54) is 6.20 Å². The highest BCUT2D eigenvalue weighted by Gasteiger charge is 2.38. The van der Waals surface area contributed by atoms with Crippen LogP contribution in [0.25, 0.3) is 10.9 Å². The van der Waals surface area contributed by atoms with Gasteiger partial charge in [0, 0.05) is 27.1 Å². The van der Waals surface area contributed by atoms with E-state index in [1.807, 2.05) is 0 Å². The molecular formula is C11H12BrClF2N2O. The molecule has 0 aliphatic rings. The number of alkyl halides is 2. The number of fused-ring (bicyclic) bond motifs is 1. The highest BCUT2D eigenvalue weighted by molar-refractivity contribution is 9.10. The molecule has 18 heavy (non-hydrogen) atoms. The highest BCUT2D eigenvalue weighted by Crippen LogP contribution is 2.34. The molecule has 1 atom stereocenters. The number of rotatable bonds is 3. The number of H-pyrrole nitrogens is 1. The molecular weight excluding hydrogens is 329 g/mol. The Morgan fingerprint density at radius 1 is 1.44 bits per heavy atom. The van der Waals surface area contributed by atoms with Gasteiger partial charge in [-0.3, -0.25) is 0 Å². The molecule has 100 valence electrons. The molecule has 0 unspecified atom stereocenters. The molecule has 1 heterocycles. The minimum absolute atomic E-state index is 0. The van der Waals surface area contributed by atoms with E-state index in [2.05, 4.69) is 20.9 Å². The van der Waals surface area contributed by atoms with Gasteiger partial charge in [-0.1, -0.05) is 15.9 Å². The standard InChI is InChI=1S/C11H11BrF2N2O.ClH/c12-6-1-2-9-7(3-6)8(4-16-9)10(15)11(13,14)5-17;/h1-4,10,16-17H,5,15H2;1H/t10-;/m0./s1. The zero-order valence-electron chi connectivity index (χ0n) is 9.16. The van der Waals surface area contributed by atoms with Gasteiger partial charge in [0.15, 0.2) is 0 Å². The van der Waals surface area contributed by atoms with Crippen molar-refractivity contribution in [1.29, 1.82) is 0 Å². The first-order valence-corrected chi connectivity index (χ1v) is 5.76. The number of aliphatic hydroxyl groups is 1. The summed E-state index contributed by atoms with van der Waals surface area (Å²) < 4.78 is 27.5. The maximum absolute atomic E-state index is 13.3. The van der Waals surface area contributed by atoms with Crippen LogP contribution in [-0.2, 0) is 0 Å². The second-order valence-electron chi connectivity index (χ2n) is 3.83. The molecule has 0 amide bonds. The summed E-state index contributed by atoms with van der Waals surface area (Å²) in [7, 11) is 0. The number of aliphatic hydroxyl groups excluding tert-OH is 1. The first-order chi connectivity index (χ1) is 7.95. The fraction of sp³-hybridized carbons (Fsp3) is 0.273. The molecule has 2 aromatic rings. The van der Waals surface area contributed by atoms with Crippen molar-refractivity contribution in [2.75, 3.05) is 6.61 Å². The molecule has 3 nitrogen and oxygen atoms in total. The predicted molar refractivity (Wildman–Crippen MR) is 72.2 cm³/mol. The van der Waals surface area contributed by atoms with Crippen LogP contribution in [0.1, 0.15) is 11.6 Å². The van der Waals surface area contributed by atoms with E-state index in [0.717, 1.165) is 9.99 Å². The molecule has 4 N–H and O–H groups in total. The third-order valence-corrected chi connectivity index (χ3v) is 3.17. The zero-order chi connectivity index (χ0) is 12.6. The van der Waals surface area contributed by atoms with Crippen molar-refractivity contribution < 1.29 is 13.9 Å². The zero-order valence-corrected chi connectivity index (χ0v) is 11.6. The van der Waals surface area contributed by atoms with E-state index >= 15 is 0 Å². The molecule has 0 saturated heterocycles. The van der Waals surface area contributed by atoms with Gasteiger partial charge in [-0.25, -0.2) is 8.78 Å². The number of aromatic nitrogens is 1. The molecule has 0 radical (unpaired) electrons. The molecule has 7 heteroatoms. The van der Waals surface area contributed by atoms with Crippen molar-refractivity contribution in [3.05, 3.63) is 34.4 Å². The lowest BCUT2D eigenvalue weighted by Gasteiger charge is -2.20. The van der Waals surface area contributed by atoms with Crippen LogP contribution in [0.2, 0.25) is 0 Å². The van der Waals surface area contributed by atoms with E-state index in [4.69, 9.17) is 10.8 Å². The minimum Gasteiger partial charge on any atom is -0.390 e. The smallest absolute Gasteiger partial charge is 0.289 e. The summed E-state index contributed by atoms with van der Waals surface area (Å²) in [6, 6.07) is 3.76. The molecule has 1 aromatic carbocycles. The molecule has 1 aromatic heterocycles.